The van der Waals surface area contributed by atoms with E-state index in [1.165, 1.54) is 29.5 Å². The molecule has 148 valence electrons. The predicted molar refractivity (Wildman–Crippen MR) is 116 cm³/mol. The molecule has 3 nitrogen and oxygen atoms in total. The number of hydrogen-bond donors (Lipinski definition) is 1. The van der Waals surface area contributed by atoms with Gasteiger partial charge in [0.25, 0.3) is 5.91 Å². The van der Waals surface area contributed by atoms with Crippen LogP contribution in [0.15, 0.2) is 72.8 Å². The number of carbonyl (C=O) groups is 1. The summed E-state index contributed by atoms with van der Waals surface area (Å²) in [7, 11) is 0. The highest BCUT2D eigenvalue weighted by molar-refractivity contribution is 5.78. The average Bonchev–Trinajstić information content (AvgIpc) is 2.76. The van der Waals surface area contributed by atoms with Gasteiger partial charge in [-0.3, -0.25) is 4.79 Å². The number of rotatable bonds is 6. The van der Waals surface area contributed by atoms with E-state index in [0.717, 1.165) is 29.7 Å². The molecule has 0 saturated carbocycles. The summed E-state index contributed by atoms with van der Waals surface area (Å²) in [5, 5.41) is 3.15. The van der Waals surface area contributed by atoms with E-state index in [-0.39, 0.29) is 18.6 Å². The first-order valence-corrected chi connectivity index (χ1v) is 10.3. The summed E-state index contributed by atoms with van der Waals surface area (Å²) in [6, 6.07) is 24.3. The Morgan fingerprint density at radius 2 is 1.66 bits per heavy atom. The molecule has 1 aliphatic rings. The minimum absolute atomic E-state index is 0.00787. The molecule has 29 heavy (non-hydrogen) atoms. The van der Waals surface area contributed by atoms with Crippen LogP contribution in [0.3, 0.4) is 0 Å². The van der Waals surface area contributed by atoms with Gasteiger partial charge < -0.3 is 10.1 Å². The molecule has 3 heteroatoms. The summed E-state index contributed by atoms with van der Waals surface area (Å²) in [4.78, 5) is 12.7. The zero-order valence-corrected chi connectivity index (χ0v) is 16.9. The number of amides is 1. The topological polar surface area (TPSA) is 38.3 Å². The molecule has 3 aromatic rings. The van der Waals surface area contributed by atoms with Gasteiger partial charge in [0.2, 0.25) is 0 Å². The average molecular weight is 386 g/mol. The fourth-order valence-corrected chi connectivity index (χ4v) is 4.01. The molecule has 0 fully saturated rings. The molecule has 0 bridgehead atoms. The summed E-state index contributed by atoms with van der Waals surface area (Å²) in [5.41, 5.74) is 6.06. The molecule has 0 spiro atoms. The Labute approximate surface area is 172 Å². The molecule has 1 atom stereocenters. The van der Waals surface area contributed by atoms with Gasteiger partial charge >= 0.3 is 0 Å². The number of nitrogens with one attached hydrogen (secondary N) is 1. The second-order valence-corrected chi connectivity index (χ2v) is 7.75. The van der Waals surface area contributed by atoms with Crippen LogP contribution in [-0.4, -0.2) is 12.5 Å². The van der Waals surface area contributed by atoms with Crippen molar-refractivity contribution in [2.24, 2.45) is 0 Å². The standard InChI is InChI=1S/C26H27NO2/c1-19-8-7-13-23(16-19)26(21-10-3-2-4-11-21)27-25(28)18-29-24-15-14-20-9-5-6-12-22(20)17-24/h2-4,7-8,10-11,13-17,26H,5-6,9,12,18H2,1H3,(H,27,28). The molecule has 0 saturated heterocycles. The quantitative estimate of drug-likeness (QED) is 0.637. The van der Waals surface area contributed by atoms with E-state index in [1.54, 1.807) is 0 Å². The SMILES string of the molecule is Cc1cccc(C(NC(=O)COc2ccc3c(c2)CCCC3)c2ccccc2)c1. The van der Waals surface area contributed by atoms with Gasteiger partial charge in [-0.25, -0.2) is 0 Å². The summed E-state index contributed by atoms with van der Waals surface area (Å²) in [6.45, 7) is 2.07. The fraction of sp³-hybridized carbons (Fsp3) is 0.269. The molecule has 4 rings (SSSR count). The fourth-order valence-electron chi connectivity index (χ4n) is 4.01. The van der Waals surface area contributed by atoms with Gasteiger partial charge in [-0.2, -0.15) is 0 Å². The van der Waals surface area contributed by atoms with Gasteiger partial charge in [-0.05, 0) is 67.0 Å². The van der Waals surface area contributed by atoms with Crippen LogP contribution in [0.5, 0.6) is 5.75 Å². The van der Waals surface area contributed by atoms with E-state index in [2.05, 4.69) is 42.6 Å². The van der Waals surface area contributed by atoms with Crippen LogP contribution in [0.4, 0.5) is 0 Å². The maximum Gasteiger partial charge on any atom is 0.258 e. The molecular weight excluding hydrogens is 358 g/mol. The molecule has 1 amide bonds. The van der Waals surface area contributed by atoms with Crippen molar-refractivity contribution in [2.75, 3.05) is 6.61 Å². The maximum absolute atomic E-state index is 12.7. The van der Waals surface area contributed by atoms with Gasteiger partial charge in [-0.15, -0.1) is 0 Å². The summed E-state index contributed by atoms with van der Waals surface area (Å²) >= 11 is 0. The van der Waals surface area contributed by atoms with Crippen LogP contribution in [0, 0.1) is 6.92 Å². The normalized spacial score (nSPS) is 14.0. The van der Waals surface area contributed by atoms with Crippen molar-refractivity contribution in [3.8, 4) is 5.75 Å². The van der Waals surface area contributed by atoms with E-state index < -0.39 is 0 Å². The minimum atomic E-state index is -0.198. The highest BCUT2D eigenvalue weighted by Gasteiger charge is 2.17. The Bertz CT molecular complexity index is 981. The maximum atomic E-state index is 12.7. The third-order valence-electron chi connectivity index (χ3n) is 5.50. The Morgan fingerprint density at radius 3 is 2.45 bits per heavy atom. The summed E-state index contributed by atoms with van der Waals surface area (Å²) < 4.78 is 5.82. The van der Waals surface area contributed by atoms with Crippen molar-refractivity contribution in [3.05, 3.63) is 101 Å². The Kier molecular flexibility index (Phi) is 5.95. The largest absolute Gasteiger partial charge is 0.484 e. The lowest BCUT2D eigenvalue weighted by atomic mass is 9.92. The van der Waals surface area contributed by atoms with Crippen LogP contribution in [0.1, 0.15) is 46.7 Å². The van der Waals surface area contributed by atoms with Crippen molar-refractivity contribution in [1.29, 1.82) is 0 Å². The number of aryl methyl sites for hydroxylation is 3. The lowest BCUT2D eigenvalue weighted by molar-refractivity contribution is -0.123. The number of ether oxygens (including phenoxy) is 1. The van der Waals surface area contributed by atoms with E-state index in [1.807, 2.05) is 42.5 Å². The zero-order valence-electron chi connectivity index (χ0n) is 16.9. The molecular formula is C26H27NO2. The third kappa shape index (κ3) is 4.86. The van der Waals surface area contributed by atoms with E-state index in [4.69, 9.17) is 4.74 Å². The number of carbonyl (C=O) groups excluding carboxylic acids is 1. The lowest BCUT2D eigenvalue weighted by Gasteiger charge is -2.21. The third-order valence-corrected chi connectivity index (χ3v) is 5.50. The minimum Gasteiger partial charge on any atom is -0.484 e. The first-order chi connectivity index (χ1) is 14.2. The van der Waals surface area contributed by atoms with Gasteiger partial charge in [0.1, 0.15) is 5.75 Å². The second kappa shape index (κ2) is 8.95. The van der Waals surface area contributed by atoms with Gasteiger partial charge in [0.05, 0.1) is 6.04 Å². The van der Waals surface area contributed by atoms with Gasteiger partial charge in [-0.1, -0.05) is 66.2 Å². The molecule has 1 N–H and O–H groups in total. The van der Waals surface area contributed by atoms with Crippen molar-refractivity contribution in [1.82, 2.24) is 5.32 Å². The van der Waals surface area contributed by atoms with Crippen LogP contribution in [0.2, 0.25) is 0 Å². The Balaban J connectivity index is 1.45. The molecule has 0 heterocycles. The first kappa shape index (κ1) is 19.3. The Morgan fingerprint density at radius 1 is 0.897 bits per heavy atom. The predicted octanol–water partition coefficient (Wildman–Crippen LogP) is 5.16. The molecule has 0 aliphatic heterocycles. The number of benzene rings is 3. The highest BCUT2D eigenvalue weighted by Crippen LogP contribution is 2.26. The van der Waals surface area contributed by atoms with Crippen molar-refractivity contribution in [3.63, 3.8) is 0 Å². The van der Waals surface area contributed by atoms with Gasteiger partial charge in [0, 0.05) is 0 Å². The molecule has 1 aliphatic carbocycles. The molecule has 3 aromatic carbocycles. The molecule has 1 unspecified atom stereocenters. The van der Waals surface area contributed by atoms with E-state index in [9.17, 15) is 4.79 Å². The smallest absolute Gasteiger partial charge is 0.258 e. The monoisotopic (exact) mass is 385 g/mol. The Hall–Kier alpha value is -3.07. The van der Waals surface area contributed by atoms with Crippen LogP contribution in [-0.2, 0) is 17.6 Å². The van der Waals surface area contributed by atoms with E-state index >= 15 is 0 Å². The lowest BCUT2D eigenvalue weighted by Crippen LogP contribution is -2.33. The number of fused-ring (bicyclic) bond motifs is 1. The van der Waals surface area contributed by atoms with Crippen molar-refractivity contribution < 1.29 is 9.53 Å². The second-order valence-electron chi connectivity index (χ2n) is 7.75. The van der Waals surface area contributed by atoms with Crippen molar-refractivity contribution in [2.45, 2.75) is 38.6 Å². The molecule has 0 aromatic heterocycles. The van der Waals surface area contributed by atoms with Crippen LogP contribution < -0.4 is 10.1 Å². The zero-order chi connectivity index (χ0) is 20.1. The van der Waals surface area contributed by atoms with Gasteiger partial charge in [0.15, 0.2) is 6.61 Å². The number of hydrogen-bond acceptors (Lipinski definition) is 2. The van der Waals surface area contributed by atoms with Crippen LogP contribution >= 0.6 is 0 Å². The van der Waals surface area contributed by atoms with Crippen molar-refractivity contribution >= 4 is 5.91 Å². The van der Waals surface area contributed by atoms with E-state index in [0.29, 0.717) is 0 Å². The van der Waals surface area contributed by atoms with Crippen LogP contribution in [0.25, 0.3) is 0 Å². The first-order valence-electron chi connectivity index (χ1n) is 10.3. The highest BCUT2D eigenvalue weighted by atomic mass is 16.5. The summed E-state index contributed by atoms with van der Waals surface area (Å²) in [6.07, 6.45) is 4.73. The molecule has 0 radical (unpaired) electrons. The summed E-state index contributed by atoms with van der Waals surface area (Å²) in [5.74, 6) is 0.644.